The van der Waals surface area contributed by atoms with E-state index in [0.717, 1.165) is 23.8 Å². The number of hydrogen-bond donors (Lipinski definition) is 2. The minimum Gasteiger partial charge on any atom is -0.308 e. The van der Waals surface area contributed by atoms with Crippen molar-refractivity contribution < 1.29 is 13.6 Å². The Kier molecular flexibility index (Phi) is 4.52. The van der Waals surface area contributed by atoms with Crippen LogP contribution in [0.2, 0.25) is 0 Å². The van der Waals surface area contributed by atoms with E-state index < -0.39 is 17.7 Å². The number of carbonyl (C=O) groups excluding carboxylic acids is 1. The smallest absolute Gasteiger partial charge is 0.308 e. The maximum atomic E-state index is 13.4. The molecule has 2 aromatic rings. The molecule has 0 aromatic heterocycles. The van der Waals surface area contributed by atoms with Gasteiger partial charge in [-0.15, -0.1) is 0 Å². The molecule has 110 valence electrons. The van der Waals surface area contributed by atoms with Crippen LogP contribution in [0.1, 0.15) is 25.3 Å². The summed E-state index contributed by atoms with van der Waals surface area (Å²) in [5.41, 5.74) is 1.53. The van der Waals surface area contributed by atoms with Crippen molar-refractivity contribution in [1.82, 2.24) is 0 Å². The number of urea groups is 1. The molecule has 2 aromatic carbocycles. The highest BCUT2D eigenvalue weighted by Gasteiger charge is 2.08. The number of amides is 2. The number of nitrogens with one attached hydrogen (secondary N) is 2. The Bertz CT molecular complexity index is 639. The lowest BCUT2D eigenvalue weighted by molar-refractivity contribution is 0.262. The molecule has 2 rings (SSSR count). The van der Waals surface area contributed by atoms with Crippen molar-refractivity contribution in [2.24, 2.45) is 0 Å². The molecule has 0 aliphatic carbocycles. The third-order valence-corrected chi connectivity index (χ3v) is 3.01. The van der Waals surface area contributed by atoms with Gasteiger partial charge in [-0.1, -0.05) is 26.0 Å². The van der Waals surface area contributed by atoms with Gasteiger partial charge in [-0.2, -0.15) is 0 Å². The molecule has 3 nitrogen and oxygen atoms in total. The minimum absolute atomic E-state index is 0.202. The normalized spacial score (nSPS) is 10.5. The number of halogens is 2. The molecule has 0 radical (unpaired) electrons. The molecule has 0 bridgehead atoms. The number of carbonyl (C=O) groups is 1. The van der Waals surface area contributed by atoms with Gasteiger partial charge in [0.15, 0.2) is 0 Å². The van der Waals surface area contributed by atoms with E-state index in [-0.39, 0.29) is 5.69 Å². The molecular formula is C16H16F2N2O. The first-order valence-electron chi connectivity index (χ1n) is 6.58. The number of hydrogen-bond acceptors (Lipinski definition) is 1. The summed E-state index contributed by atoms with van der Waals surface area (Å²) in [7, 11) is 0. The van der Waals surface area contributed by atoms with Gasteiger partial charge >= 0.3 is 6.03 Å². The fourth-order valence-electron chi connectivity index (χ4n) is 1.83. The summed E-state index contributed by atoms with van der Waals surface area (Å²) in [4.78, 5) is 11.8. The minimum atomic E-state index is -0.693. The molecule has 0 aliphatic rings. The van der Waals surface area contributed by atoms with Crippen LogP contribution in [0.5, 0.6) is 0 Å². The number of benzene rings is 2. The lowest BCUT2D eigenvalue weighted by atomic mass is 10.0. The highest BCUT2D eigenvalue weighted by molar-refractivity contribution is 5.99. The van der Waals surface area contributed by atoms with Crippen LogP contribution in [0, 0.1) is 11.6 Å². The van der Waals surface area contributed by atoms with Gasteiger partial charge in [-0.05, 0) is 35.7 Å². The van der Waals surface area contributed by atoms with Gasteiger partial charge in [0.25, 0.3) is 0 Å². The number of anilines is 2. The van der Waals surface area contributed by atoms with Gasteiger partial charge in [0, 0.05) is 11.8 Å². The predicted molar refractivity (Wildman–Crippen MR) is 79.5 cm³/mol. The summed E-state index contributed by atoms with van der Waals surface area (Å²) >= 11 is 0. The second kappa shape index (κ2) is 6.35. The van der Waals surface area contributed by atoms with Crippen LogP contribution in [-0.4, -0.2) is 6.03 Å². The first-order chi connectivity index (χ1) is 9.95. The second-order valence-corrected chi connectivity index (χ2v) is 4.98. The molecule has 0 heterocycles. The van der Waals surface area contributed by atoms with Crippen LogP contribution in [0.3, 0.4) is 0 Å². The molecular weight excluding hydrogens is 274 g/mol. The Morgan fingerprint density at radius 3 is 2.29 bits per heavy atom. The third-order valence-electron chi connectivity index (χ3n) is 3.01. The van der Waals surface area contributed by atoms with Crippen molar-refractivity contribution in [2.45, 2.75) is 19.8 Å². The van der Waals surface area contributed by atoms with Crippen molar-refractivity contribution in [3.05, 3.63) is 59.7 Å². The van der Waals surface area contributed by atoms with Crippen LogP contribution < -0.4 is 10.6 Å². The van der Waals surface area contributed by atoms with Gasteiger partial charge in [0.05, 0.1) is 5.69 Å². The molecule has 0 aliphatic heterocycles. The molecule has 2 amide bonds. The van der Waals surface area contributed by atoms with Crippen molar-refractivity contribution in [3.63, 3.8) is 0 Å². The van der Waals surface area contributed by atoms with Crippen LogP contribution in [0.4, 0.5) is 25.0 Å². The maximum absolute atomic E-state index is 13.4. The average molecular weight is 290 g/mol. The van der Waals surface area contributed by atoms with E-state index in [0.29, 0.717) is 11.6 Å². The molecule has 5 heteroatoms. The Morgan fingerprint density at radius 1 is 1.00 bits per heavy atom. The van der Waals surface area contributed by atoms with E-state index >= 15 is 0 Å². The summed E-state index contributed by atoms with van der Waals surface area (Å²) in [6.07, 6.45) is 0. The van der Waals surface area contributed by atoms with Gasteiger partial charge in [-0.25, -0.2) is 13.6 Å². The zero-order valence-corrected chi connectivity index (χ0v) is 11.8. The quantitative estimate of drug-likeness (QED) is 0.842. The van der Waals surface area contributed by atoms with Crippen LogP contribution in [0.15, 0.2) is 42.5 Å². The highest BCUT2D eigenvalue weighted by Crippen LogP contribution is 2.18. The monoisotopic (exact) mass is 290 g/mol. The Hall–Kier alpha value is -2.43. The standard InChI is InChI=1S/C16H16F2N2O/c1-10(2)11-3-6-13(7-4-11)19-16(21)20-15-9-12(17)5-8-14(15)18/h3-10H,1-2H3,(H2,19,20,21). The summed E-state index contributed by atoms with van der Waals surface area (Å²) in [5.74, 6) is -0.913. The topological polar surface area (TPSA) is 41.1 Å². The highest BCUT2D eigenvalue weighted by atomic mass is 19.1. The number of rotatable bonds is 3. The van der Waals surface area contributed by atoms with Crippen molar-refractivity contribution in [2.75, 3.05) is 10.6 Å². The lowest BCUT2D eigenvalue weighted by Crippen LogP contribution is -2.20. The molecule has 21 heavy (non-hydrogen) atoms. The lowest BCUT2D eigenvalue weighted by Gasteiger charge is -2.10. The van der Waals surface area contributed by atoms with Crippen molar-refractivity contribution in [1.29, 1.82) is 0 Å². The summed E-state index contributed by atoms with van der Waals surface area (Å²) in [6, 6.07) is 9.58. The Labute approximate surface area is 122 Å². The van der Waals surface area contributed by atoms with E-state index in [1.54, 1.807) is 12.1 Å². The average Bonchev–Trinajstić information content (AvgIpc) is 2.43. The van der Waals surface area contributed by atoms with E-state index in [1.807, 2.05) is 12.1 Å². The zero-order chi connectivity index (χ0) is 15.4. The first-order valence-corrected chi connectivity index (χ1v) is 6.58. The van der Waals surface area contributed by atoms with Gasteiger partial charge in [-0.3, -0.25) is 0 Å². The molecule has 0 atom stereocenters. The molecule has 2 N–H and O–H groups in total. The van der Waals surface area contributed by atoms with Crippen LogP contribution in [0.25, 0.3) is 0 Å². The van der Waals surface area contributed by atoms with Crippen molar-refractivity contribution >= 4 is 17.4 Å². The summed E-state index contributed by atoms with van der Waals surface area (Å²) < 4.78 is 26.4. The molecule has 0 unspecified atom stereocenters. The second-order valence-electron chi connectivity index (χ2n) is 4.98. The van der Waals surface area contributed by atoms with E-state index in [9.17, 15) is 13.6 Å². The van der Waals surface area contributed by atoms with E-state index in [4.69, 9.17) is 0 Å². The van der Waals surface area contributed by atoms with Crippen LogP contribution >= 0.6 is 0 Å². The van der Waals surface area contributed by atoms with Gasteiger partial charge in [0.1, 0.15) is 11.6 Å². The predicted octanol–water partition coefficient (Wildman–Crippen LogP) is 4.73. The van der Waals surface area contributed by atoms with E-state index in [2.05, 4.69) is 24.5 Å². The fourth-order valence-corrected chi connectivity index (χ4v) is 1.83. The molecule has 0 saturated carbocycles. The van der Waals surface area contributed by atoms with Crippen LogP contribution in [-0.2, 0) is 0 Å². The Balaban J connectivity index is 2.03. The summed E-state index contributed by atoms with van der Waals surface area (Å²) in [5, 5.41) is 4.84. The zero-order valence-electron chi connectivity index (χ0n) is 11.8. The SMILES string of the molecule is CC(C)c1ccc(NC(=O)Nc2cc(F)ccc2F)cc1. The first kappa shape index (κ1) is 15.0. The fraction of sp³-hybridized carbons (Fsp3) is 0.188. The maximum Gasteiger partial charge on any atom is 0.323 e. The Morgan fingerprint density at radius 2 is 1.67 bits per heavy atom. The molecule has 0 spiro atoms. The molecule has 0 saturated heterocycles. The van der Waals surface area contributed by atoms with Gasteiger partial charge in [0.2, 0.25) is 0 Å². The molecule has 0 fully saturated rings. The summed E-state index contributed by atoms with van der Waals surface area (Å²) in [6.45, 7) is 4.14. The van der Waals surface area contributed by atoms with Gasteiger partial charge < -0.3 is 10.6 Å². The van der Waals surface area contributed by atoms with Crippen molar-refractivity contribution in [3.8, 4) is 0 Å². The third kappa shape index (κ3) is 4.02. The van der Waals surface area contributed by atoms with E-state index in [1.165, 1.54) is 0 Å². The largest absolute Gasteiger partial charge is 0.323 e.